The Labute approximate surface area is 123 Å². The van der Waals surface area contributed by atoms with E-state index in [-0.39, 0.29) is 5.69 Å². The Kier molecular flexibility index (Phi) is 3.81. The maximum absolute atomic E-state index is 11.5. The van der Waals surface area contributed by atoms with E-state index in [9.17, 15) is 4.79 Å². The average Bonchev–Trinajstić information content (AvgIpc) is 2.90. The standard InChI is InChI=1S/C16H17N3O2/c1-2-21-16(20)14-7-8-15(19-18-14)17-13-9-11-5-3-4-6-12(11)10-13/h3-8,13H,2,9-10H2,1H3,(H,17,19). The van der Waals surface area contributed by atoms with Crippen molar-refractivity contribution in [3.8, 4) is 0 Å². The topological polar surface area (TPSA) is 64.1 Å². The van der Waals surface area contributed by atoms with Crippen molar-refractivity contribution in [3.05, 3.63) is 53.2 Å². The SMILES string of the molecule is CCOC(=O)c1ccc(NC2Cc3ccccc3C2)nn1. The number of fused-ring (bicyclic) bond motifs is 1. The number of nitrogens with zero attached hydrogens (tertiary/aromatic N) is 2. The van der Waals surface area contributed by atoms with Crippen molar-refractivity contribution in [2.45, 2.75) is 25.8 Å². The number of hydrogen-bond acceptors (Lipinski definition) is 5. The van der Waals surface area contributed by atoms with E-state index in [2.05, 4.69) is 39.8 Å². The molecule has 2 aromatic rings. The van der Waals surface area contributed by atoms with Crippen molar-refractivity contribution >= 4 is 11.8 Å². The molecule has 0 fully saturated rings. The molecule has 0 saturated heterocycles. The summed E-state index contributed by atoms with van der Waals surface area (Å²) in [6.07, 6.45) is 1.97. The molecule has 5 nitrogen and oxygen atoms in total. The first-order valence-electron chi connectivity index (χ1n) is 7.10. The first-order valence-corrected chi connectivity index (χ1v) is 7.10. The van der Waals surface area contributed by atoms with Crippen LogP contribution in [0, 0.1) is 0 Å². The van der Waals surface area contributed by atoms with Gasteiger partial charge in [-0.3, -0.25) is 0 Å². The van der Waals surface area contributed by atoms with Crippen LogP contribution in [-0.2, 0) is 17.6 Å². The molecule has 0 saturated carbocycles. The van der Waals surface area contributed by atoms with Crippen LogP contribution < -0.4 is 5.32 Å². The van der Waals surface area contributed by atoms with Crippen LogP contribution in [0.25, 0.3) is 0 Å². The van der Waals surface area contributed by atoms with Gasteiger partial charge in [-0.1, -0.05) is 24.3 Å². The van der Waals surface area contributed by atoms with Crippen molar-refractivity contribution < 1.29 is 9.53 Å². The summed E-state index contributed by atoms with van der Waals surface area (Å²) in [5.41, 5.74) is 2.99. The molecular weight excluding hydrogens is 266 g/mol. The van der Waals surface area contributed by atoms with Crippen LogP contribution in [-0.4, -0.2) is 28.8 Å². The van der Waals surface area contributed by atoms with E-state index in [1.807, 2.05) is 0 Å². The summed E-state index contributed by atoms with van der Waals surface area (Å²) in [6.45, 7) is 2.10. The highest BCUT2D eigenvalue weighted by atomic mass is 16.5. The summed E-state index contributed by atoms with van der Waals surface area (Å²) >= 11 is 0. The van der Waals surface area contributed by atoms with Gasteiger partial charge < -0.3 is 10.1 Å². The maximum atomic E-state index is 11.5. The predicted octanol–water partition coefficient (Wildman–Crippen LogP) is 2.23. The molecule has 5 heteroatoms. The fourth-order valence-corrected chi connectivity index (χ4v) is 2.59. The molecule has 0 aliphatic heterocycles. The van der Waals surface area contributed by atoms with E-state index in [1.165, 1.54) is 11.1 Å². The van der Waals surface area contributed by atoms with Crippen LogP contribution in [0.2, 0.25) is 0 Å². The van der Waals surface area contributed by atoms with E-state index >= 15 is 0 Å². The van der Waals surface area contributed by atoms with Gasteiger partial charge in [-0.15, -0.1) is 10.2 Å². The zero-order valence-corrected chi connectivity index (χ0v) is 11.9. The summed E-state index contributed by atoms with van der Waals surface area (Å²) in [5, 5.41) is 11.3. The van der Waals surface area contributed by atoms with E-state index in [1.54, 1.807) is 19.1 Å². The number of aromatic nitrogens is 2. The summed E-state index contributed by atoms with van der Waals surface area (Å²) in [5.74, 6) is 0.241. The third kappa shape index (κ3) is 3.02. The molecule has 3 rings (SSSR count). The molecular formula is C16H17N3O2. The Hall–Kier alpha value is -2.43. The summed E-state index contributed by atoms with van der Waals surface area (Å²) < 4.78 is 4.88. The van der Waals surface area contributed by atoms with E-state index in [0.29, 0.717) is 18.5 Å². The molecule has 0 radical (unpaired) electrons. The summed E-state index contributed by atoms with van der Waals surface area (Å²) in [4.78, 5) is 11.5. The first-order chi connectivity index (χ1) is 10.3. The van der Waals surface area contributed by atoms with Crippen LogP contribution in [0.3, 0.4) is 0 Å². The molecule has 0 spiro atoms. The minimum Gasteiger partial charge on any atom is -0.461 e. The van der Waals surface area contributed by atoms with E-state index < -0.39 is 5.97 Å². The quantitative estimate of drug-likeness (QED) is 0.872. The van der Waals surface area contributed by atoms with Gasteiger partial charge in [0.2, 0.25) is 0 Å². The zero-order chi connectivity index (χ0) is 14.7. The molecule has 1 aliphatic carbocycles. The van der Waals surface area contributed by atoms with Gasteiger partial charge in [-0.25, -0.2) is 4.79 Å². The van der Waals surface area contributed by atoms with Gasteiger partial charge in [0.05, 0.1) is 6.61 Å². The van der Waals surface area contributed by atoms with Gasteiger partial charge >= 0.3 is 5.97 Å². The number of ether oxygens (including phenoxy) is 1. The Morgan fingerprint density at radius 3 is 2.48 bits per heavy atom. The van der Waals surface area contributed by atoms with Gasteiger partial charge in [0, 0.05) is 6.04 Å². The fourth-order valence-electron chi connectivity index (χ4n) is 2.59. The van der Waals surface area contributed by atoms with E-state index in [4.69, 9.17) is 4.74 Å². The highest BCUT2D eigenvalue weighted by molar-refractivity contribution is 5.87. The lowest BCUT2D eigenvalue weighted by Gasteiger charge is -2.12. The molecule has 1 N–H and O–H groups in total. The van der Waals surface area contributed by atoms with Gasteiger partial charge in [0.25, 0.3) is 0 Å². The van der Waals surface area contributed by atoms with Gasteiger partial charge in [0.15, 0.2) is 5.69 Å². The highest BCUT2D eigenvalue weighted by Crippen LogP contribution is 2.23. The van der Waals surface area contributed by atoms with Crippen molar-refractivity contribution in [3.63, 3.8) is 0 Å². The smallest absolute Gasteiger partial charge is 0.358 e. The predicted molar refractivity (Wildman–Crippen MR) is 79.2 cm³/mol. The minimum absolute atomic E-state index is 0.233. The Bertz CT molecular complexity index is 615. The number of rotatable bonds is 4. The molecule has 0 atom stereocenters. The molecule has 0 amide bonds. The second kappa shape index (κ2) is 5.91. The van der Waals surface area contributed by atoms with Crippen LogP contribution in [0.15, 0.2) is 36.4 Å². The Balaban J connectivity index is 1.63. The normalized spacial score (nSPS) is 13.8. The molecule has 1 aliphatic rings. The number of esters is 1. The molecule has 0 unspecified atom stereocenters. The number of carbonyl (C=O) groups is 1. The average molecular weight is 283 g/mol. The van der Waals surface area contributed by atoms with E-state index in [0.717, 1.165) is 12.8 Å². The van der Waals surface area contributed by atoms with Gasteiger partial charge in [-0.05, 0) is 43.0 Å². The molecule has 1 aromatic heterocycles. The molecule has 21 heavy (non-hydrogen) atoms. The third-order valence-electron chi connectivity index (χ3n) is 3.55. The Morgan fingerprint density at radius 2 is 1.90 bits per heavy atom. The third-order valence-corrected chi connectivity index (χ3v) is 3.55. The molecule has 108 valence electrons. The monoisotopic (exact) mass is 283 g/mol. The van der Waals surface area contributed by atoms with Crippen LogP contribution in [0.4, 0.5) is 5.82 Å². The second-order valence-corrected chi connectivity index (χ2v) is 5.04. The lowest BCUT2D eigenvalue weighted by Crippen LogP contribution is -2.20. The van der Waals surface area contributed by atoms with Crippen LogP contribution in [0.5, 0.6) is 0 Å². The summed E-state index contributed by atoms with van der Waals surface area (Å²) in [6, 6.07) is 12.2. The second-order valence-electron chi connectivity index (χ2n) is 5.04. The lowest BCUT2D eigenvalue weighted by molar-refractivity contribution is 0.0518. The van der Waals surface area contributed by atoms with Crippen LogP contribution in [0.1, 0.15) is 28.5 Å². The molecule has 0 bridgehead atoms. The van der Waals surface area contributed by atoms with Crippen molar-refractivity contribution in [1.82, 2.24) is 10.2 Å². The van der Waals surface area contributed by atoms with Gasteiger partial charge in [-0.2, -0.15) is 0 Å². The molecule has 1 aromatic carbocycles. The minimum atomic E-state index is -0.440. The zero-order valence-electron chi connectivity index (χ0n) is 11.9. The van der Waals surface area contributed by atoms with Crippen molar-refractivity contribution in [1.29, 1.82) is 0 Å². The van der Waals surface area contributed by atoms with Gasteiger partial charge in [0.1, 0.15) is 5.82 Å². The lowest BCUT2D eigenvalue weighted by atomic mass is 10.1. The largest absolute Gasteiger partial charge is 0.461 e. The number of carbonyl (C=O) groups excluding carboxylic acids is 1. The fraction of sp³-hybridized carbons (Fsp3) is 0.312. The number of hydrogen-bond donors (Lipinski definition) is 1. The maximum Gasteiger partial charge on any atom is 0.358 e. The molecule has 1 heterocycles. The van der Waals surface area contributed by atoms with Crippen molar-refractivity contribution in [2.75, 3.05) is 11.9 Å². The number of benzene rings is 1. The number of anilines is 1. The van der Waals surface area contributed by atoms with Crippen LogP contribution >= 0.6 is 0 Å². The summed E-state index contributed by atoms with van der Waals surface area (Å²) in [7, 11) is 0. The van der Waals surface area contributed by atoms with Crippen molar-refractivity contribution in [2.24, 2.45) is 0 Å². The number of nitrogens with one attached hydrogen (secondary N) is 1. The Morgan fingerprint density at radius 1 is 1.19 bits per heavy atom. The first kappa shape index (κ1) is 13.5. The highest BCUT2D eigenvalue weighted by Gasteiger charge is 2.21.